The summed E-state index contributed by atoms with van der Waals surface area (Å²) in [6, 6.07) is 9.92. The molecule has 0 bridgehead atoms. The van der Waals surface area contributed by atoms with Gasteiger partial charge in [-0.05, 0) is 44.2 Å². The highest BCUT2D eigenvalue weighted by molar-refractivity contribution is 7.13. The minimum absolute atomic E-state index is 0.0444. The summed E-state index contributed by atoms with van der Waals surface area (Å²) in [5, 5.41) is 9.01. The number of amides is 1. The quantitative estimate of drug-likeness (QED) is 0.732. The molecule has 3 rings (SSSR count). The molecule has 1 aromatic carbocycles. The average molecular weight is 341 g/mol. The number of allylic oxidation sites excluding steroid dienone is 1. The summed E-state index contributed by atoms with van der Waals surface area (Å²) in [4.78, 5) is 16.5. The van der Waals surface area contributed by atoms with Gasteiger partial charge < -0.3 is 10.6 Å². The molecular formula is C19H23N3OS. The first kappa shape index (κ1) is 16.7. The van der Waals surface area contributed by atoms with Crippen molar-refractivity contribution in [3.05, 3.63) is 53.1 Å². The van der Waals surface area contributed by atoms with E-state index in [4.69, 9.17) is 0 Å². The van der Waals surface area contributed by atoms with E-state index in [2.05, 4.69) is 21.7 Å². The van der Waals surface area contributed by atoms with Crippen molar-refractivity contribution in [3.63, 3.8) is 0 Å². The van der Waals surface area contributed by atoms with Crippen LogP contribution in [0.4, 0.5) is 10.8 Å². The van der Waals surface area contributed by atoms with E-state index in [0.717, 1.165) is 29.5 Å². The van der Waals surface area contributed by atoms with E-state index in [1.165, 1.54) is 42.6 Å². The molecule has 2 aromatic rings. The Labute approximate surface area is 147 Å². The third-order valence-corrected chi connectivity index (χ3v) is 4.88. The summed E-state index contributed by atoms with van der Waals surface area (Å²) >= 11 is 1.52. The predicted octanol–water partition coefficient (Wildman–Crippen LogP) is 4.44. The standard InChI is InChI=1S/C19H23N3OS/c23-18(20-12-11-15-7-3-1-4-8-15)13-17-14-24-19(22-17)21-16-9-5-2-6-10-16/h2,5-7,9-10,14H,1,3-4,8,11-13H2,(H,20,23)(H,21,22). The van der Waals surface area contributed by atoms with Crippen molar-refractivity contribution in [2.45, 2.75) is 38.5 Å². The molecule has 1 heterocycles. The Bertz CT molecular complexity index is 694. The number of carbonyl (C=O) groups is 1. The molecule has 1 aliphatic carbocycles. The van der Waals surface area contributed by atoms with Gasteiger partial charge in [0, 0.05) is 17.6 Å². The second kappa shape index (κ2) is 8.64. The van der Waals surface area contributed by atoms with Crippen LogP contribution in [-0.2, 0) is 11.2 Å². The van der Waals surface area contributed by atoms with E-state index < -0.39 is 0 Å². The maximum absolute atomic E-state index is 12.0. The minimum Gasteiger partial charge on any atom is -0.355 e. The summed E-state index contributed by atoms with van der Waals surface area (Å²) in [5.74, 6) is 0.0444. The number of anilines is 2. The van der Waals surface area contributed by atoms with Crippen molar-refractivity contribution in [2.75, 3.05) is 11.9 Å². The number of nitrogens with one attached hydrogen (secondary N) is 2. The first-order valence-electron chi connectivity index (χ1n) is 8.51. The molecule has 2 N–H and O–H groups in total. The summed E-state index contributed by atoms with van der Waals surface area (Å²) in [6.45, 7) is 0.726. The molecule has 0 fully saturated rings. The SMILES string of the molecule is O=C(Cc1csc(Nc2ccccc2)n1)NCCC1=CCCCC1. The fourth-order valence-corrected chi connectivity index (χ4v) is 3.54. The van der Waals surface area contributed by atoms with Gasteiger partial charge in [0.25, 0.3) is 0 Å². The molecule has 126 valence electrons. The number of rotatable bonds is 7. The molecule has 1 aliphatic rings. The number of nitrogens with zero attached hydrogens (tertiary/aromatic N) is 1. The van der Waals surface area contributed by atoms with Crippen LogP contribution in [0.3, 0.4) is 0 Å². The summed E-state index contributed by atoms with van der Waals surface area (Å²) in [7, 11) is 0. The highest BCUT2D eigenvalue weighted by atomic mass is 32.1. The van der Waals surface area contributed by atoms with Crippen LogP contribution >= 0.6 is 11.3 Å². The Morgan fingerprint density at radius 1 is 1.21 bits per heavy atom. The van der Waals surface area contributed by atoms with E-state index in [-0.39, 0.29) is 5.91 Å². The Morgan fingerprint density at radius 2 is 2.08 bits per heavy atom. The monoisotopic (exact) mass is 341 g/mol. The van der Waals surface area contributed by atoms with E-state index in [9.17, 15) is 4.79 Å². The third kappa shape index (κ3) is 5.20. The lowest BCUT2D eigenvalue weighted by molar-refractivity contribution is -0.120. The first-order chi connectivity index (χ1) is 11.8. The van der Waals surface area contributed by atoms with Crippen molar-refractivity contribution >= 4 is 28.1 Å². The molecule has 0 spiro atoms. The maximum atomic E-state index is 12.0. The van der Waals surface area contributed by atoms with Crippen LogP contribution in [0.1, 0.15) is 37.8 Å². The van der Waals surface area contributed by atoms with Crippen molar-refractivity contribution in [2.24, 2.45) is 0 Å². The highest BCUT2D eigenvalue weighted by Crippen LogP contribution is 2.21. The van der Waals surface area contributed by atoms with E-state index in [0.29, 0.717) is 6.42 Å². The summed E-state index contributed by atoms with van der Waals surface area (Å²) in [6.07, 6.45) is 8.62. The number of thiazole rings is 1. The van der Waals surface area contributed by atoms with Gasteiger partial charge in [0.1, 0.15) is 0 Å². The Balaban J connectivity index is 1.42. The van der Waals surface area contributed by atoms with Crippen molar-refractivity contribution in [3.8, 4) is 0 Å². The Hall–Kier alpha value is -2.14. The Morgan fingerprint density at radius 3 is 2.88 bits per heavy atom. The summed E-state index contributed by atoms with van der Waals surface area (Å²) in [5.41, 5.74) is 3.31. The lowest BCUT2D eigenvalue weighted by atomic mass is 9.97. The molecule has 0 unspecified atom stereocenters. The van der Waals surface area contributed by atoms with Gasteiger partial charge in [-0.2, -0.15) is 0 Å². The lowest BCUT2D eigenvalue weighted by Crippen LogP contribution is -2.26. The number of benzene rings is 1. The Kier molecular flexibility index (Phi) is 6.01. The van der Waals surface area contributed by atoms with Crippen molar-refractivity contribution < 1.29 is 4.79 Å². The molecular weight excluding hydrogens is 318 g/mol. The normalized spacial score (nSPS) is 14.1. The van der Waals surface area contributed by atoms with Gasteiger partial charge in [-0.3, -0.25) is 4.79 Å². The van der Waals surface area contributed by atoms with Gasteiger partial charge in [-0.15, -0.1) is 11.3 Å². The zero-order valence-corrected chi connectivity index (χ0v) is 14.6. The van der Waals surface area contributed by atoms with Crippen LogP contribution in [-0.4, -0.2) is 17.4 Å². The number of aromatic nitrogens is 1. The molecule has 5 heteroatoms. The van der Waals surface area contributed by atoms with Crippen molar-refractivity contribution in [1.29, 1.82) is 0 Å². The van der Waals surface area contributed by atoms with Crippen LogP contribution in [0.5, 0.6) is 0 Å². The molecule has 0 saturated carbocycles. The fourth-order valence-electron chi connectivity index (χ4n) is 2.81. The van der Waals surface area contributed by atoms with E-state index in [1.807, 2.05) is 35.7 Å². The van der Waals surface area contributed by atoms with Gasteiger partial charge in [0.05, 0.1) is 12.1 Å². The van der Waals surface area contributed by atoms with E-state index >= 15 is 0 Å². The zero-order valence-electron chi connectivity index (χ0n) is 13.8. The zero-order chi connectivity index (χ0) is 16.6. The van der Waals surface area contributed by atoms with Crippen molar-refractivity contribution in [1.82, 2.24) is 10.3 Å². The molecule has 0 radical (unpaired) electrons. The van der Waals surface area contributed by atoms with Crippen LogP contribution < -0.4 is 10.6 Å². The van der Waals surface area contributed by atoms with Crippen LogP contribution in [0, 0.1) is 0 Å². The number of hydrogen-bond acceptors (Lipinski definition) is 4. The molecule has 0 atom stereocenters. The van der Waals surface area contributed by atoms with Gasteiger partial charge >= 0.3 is 0 Å². The van der Waals surface area contributed by atoms with Crippen LogP contribution in [0.25, 0.3) is 0 Å². The molecule has 4 nitrogen and oxygen atoms in total. The van der Waals surface area contributed by atoms with Crippen LogP contribution in [0.2, 0.25) is 0 Å². The predicted molar refractivity (Wildman–Crippen MR) is 99.7 cm³/mol. The smallest absolute Gasteiger partial charge is 0.226 e. The number of para-hydroxylation sites is 1. The van der Waals surface area contributed by atoms with Gasteiger partial charge in [-0.1, -0.05) is 29.8 Å². The maximum Gasteiger partial charge on any atom is 0.226 e. The fraction of sp³-hybridized carbons (Fsp3) is 0.368. The largest absolute Gasteiger partial charge is 0.355 e. The first-order valence-corrected chi connectivity index (χ1v) is 9.38. The molecule has 1 aromatic heterocycles. The molecule has 24 heavy (non-hydrogen) atoms. The topological polar surface area (TPSA) is 54.0 Å². The number of carbonyl (C=O) groups excluding carboxylic acids is 1. The highest BCUT2D eigenvalue weighted by Gasteiger charge is 2.09. The average Bonchev–Trinajstić information content (AvgIpc) is 3.03. The van der Waals surface area contributed by atoms with Crippen LogP contribution in [0.15, 0.2) is 47.4 Å². The van der Waals surface area contributed by atoms with E-state index in [1.54, 1.807) is 0 Å². The van der Waals surface area contributed by atoms with Gasteiger partial charge in [0.15, 0.2) is 5.13 Å². The van der Waals surface area contributed by atoms with Gasteiger partial charge in [0.2, 0.25) is 5.91 Å². The van der Waals surface area contributed by atoms with Gasteiger partial charge in [-0.25, -0.2) is 4.98 Å². The third-order valence-electron chi connectivity index (χ3n) is 4.07. The molecule has 0 saturated heterocycles. The second-order valence-corrected chi connectivity index (χ2v) is 6.88. The molecule has 1 amide bonds. The second-order valence-electron chi connectivity index (χ2n) is 6.02. The molecule has 0 aliphatic heterocycles. The lowest BCUT2D eigenvalue weighted by Gasteiger charge is -2.12. The minimum atomic E-state index is 0.0444. The number of hydrogen-bond donors (Lipinski definition) is 2. The summed E-state index contributed by atoms with van der Waals surface area (Å²) < 4.78 is 0.